The van der Waals surface area contributed by atoms with Crippen LogP contribution in [0.5, 0.6) is 0 Å². The second kappa shape index (κ2) is 5.20. The highest BCUT2D eigenvalue weighted by atomic mass is 35.5. The Kier molecular flexibility index (Phi) is 3.65. The van der Waals surface area contributed by atoms with Gasteiger partial charge < -0.3 is 4.90 Å². The third-order valence-electron chi connectivity index (χ3n) is 2.88. The van der Waals surface area contributed by atoms with Crippen LogP contribution in [-0.4, -0.2) is 18.9 Å². The molecule has 0 aromatic heterocycles. The van der Waals surface area contributed by atoms with E-state index in [1.54, 1.807) is 18.2 Å². The fraction of sp³-hybridized carbons (Fsp3) is 0.385. The zero-order valence-corrected chi connectivity index (χ0v) is 10.2. The molecule has 2 rings (SSSR count). The second-order valence-electron chi connectivity index (χ2n) is 4.13. The van der Waals surface area contributed by atoms with Crippen LogP contribution >= 0.6 is 11.6 Å². The molecule has 0 spiro atoms. The maximum absolute atomic E-state index is 11.1. The molecule has 88 valence electrons. The molecule has 0 unspecified atom stereocenters. The molecular formula is C13H13ClN2O. The number of halogens is 1. The molecule has 0 amide bonds. The minimum Gasteiger partial charge on any atom is -0.366 e. The molecule has 0 radical (unpaired) electrons. The Morgan fingerprint density at radius 3 is 2.88 bits per heavy atom. The summed E-state index contributed by atoms with van der Waals surface area (Å²) < 4.78 is 0. The first-order valence-electron chi connectivity index (χ1n) is 5.65. The van der Waals surface area contributed by atoms with Crippen molar-refractivity contribution >= 4 is 23.6 Å². The third-order valence-corrected chi connectivity index (χ3v) is 3.19. The number of nitrogens with zero attached hydrogens (tertiary/aromatic N) is 2. The van der Waals surface area contributed by atoms with Crippen LogP contribution in [0.15, 0.2) is 18.2 Å². The Morgan fingerprint density at radius 1 is 1.53 bits per heavy atom. The second-order valence-corrected chi connectivity index (χ2v) is 4.54. The number of anilines is 1. The summed E-state index contributed by atoms with van der Waals surface area (Å²) in [5.41, 5.74) is 1.38. The number of carbonyl (C=O) groups excluding carboxylic acids is 1. The van der Waals surface area contributed by atoms with Gasteiger partial charge in [-0.3, -0.25) is 4.79 Å². The zero-order chi connectivity index (χ0) is 12.3. The van der Waals surface area contributed by atoms with Crippen LogP contribution in [0, 0.1) is 11.3 Å². The quantitative estimate of drug-likeness (QED) is 0.753. The highest BCUT2D eigenvalue weighted by Crippen LogP contribution is 2.37. The Balaban J connectivity index is 2.34. The van der Waals surface area contributed by atoms with Crippen molar-refractivity contribution in [3.8, 4) is 6.07 Å². The van der Waals surface area contributed by atoms with Crippen molar-refractivity contribution < 1.29 is 4.79 Å². The fourth-order valence-corrected chi connectivity index (χ4v) is 2.25. The molecule has 4 heteroatoms. The summed E-state index contributed by atoms with van der Waals surface area (Å²) in [4.78, 5) is 13.1. The molecule has 0 N–H and O–H groups in total. The van der Waals surface area contributed by atoms with E-state index in [0.29, 0.717) is 29.6 Å². The van der Waals surface area contributed by atoms with Gasteiger partial charge in [-0.2, -0.15) is 5.26 Å². The van der Waals surface area contributed by atoms with E-state index in [9.17, 15) is 4.79 Å². The lowest BCUT2D eigenvalue weighted by Gasteiger charge is -2.26. The van der Waals surface area contributed by atoms with Crippen LogP contribution in [0.1, 0.15) is 29.6 Å². The first-order valence-corrected chi connectivity index (χ1v) is 6.03. The predicted molar refractivity (Wildman–Crippen MR) is 67.4 cm³/mol. The predicted octanol–water partition coefficient (Wildman–Crippen LogP) is 3.03. The van der Waals surface area contributed by atoms with Crippen molar-refractivity contribution in [2.75, 3.05) is 11.4 Å². The van der Waals surface area contributed by atoms with Gasteiger partial charge in [0.25, 0.3) is 0 Å². The summed E-state index contributed by atoms with van der Waals surface area (Å²) in [6.45, 7) is 0.631. The standard InChI is InChI=1S/C13H13ClN2O/c14-12-4-1-3-10(9-17)13(12)16(8-2-7-15)11-5-6-11/h1,3-4,9,11H,2,5-6,8H2. The normalized spacial score (nSPS) is 14.1. The van der Waals surface area contributed by atoms with Crippen LogP contribution < -0.4 is 4.90 Å². The number of carbonyl (C=O) groups is 1. The number of nitriles is 1. The van der Waals surface area contributed by atoms with E-state index < -0.39 is 0 Å². The van der Waals surface area contributed by atoms with Gasteiger partial charge >= 0.3 is 0 Å². The molecule has 1 fully saturated rings. The molecule has 17 heavy (non-hydrogen) atoms. The van der Waals surface area contributed by atoms with Crippen molar-refractivity contribution in [2.24, 2.45) is 0 Å². The van der Waals surface area contributed by atoms with Crippen molar-refractivity contribution in [1.29, 1.82) is 5.26 Å². The first-order chi connectivity index (χ1) is 8.27. The molecule has 0 bridgehead atoms. The van der Waals surface area contributed by atoms with E-state index in [-0.39, 0.29) is 0 Å². The van der Waals surface area contributed by atoms with Crippen molar-refractivity contribution in [3.05, 3.63) is 28.8 Å². The van der Waals surface area contributed by atoms with Gasteiger partial charge in [0.15, 0.2) is 6.29 Å². The van der Waals surface area contributed by atoms with Gasteiger partial charge in [-0.15, -0.1) is 0 Å². The van der Waals surface area contributed by atoms with E-state index in [0.717, 1.165) is 24.8 Å². The van der Waals surface area contributed by atoms with Gasteiger partial charge in [0, 0.05) is 18.2 Å². The summed E-state index contributed by atoms with van der Waals surface area (Å²) in [5.74, 6) is 0. The zero-order valence-electron chi connectivity index (χ0n) is 9.40. The van der Waals surface area contributed by atoms with Crippen molar-refractivity contribution in [2.45, 2.75) is 25.3 Å². The van der Waals surface area contributed by atoms with Gasteiger partial charge in [0.05, 0.1) is 23.2 Å². The average molecular weight is 249 g/mol. The summed E-state index contributed by atoms with van der Waals surface area (Å²) in [6, 6.07) is 7.88. The molecule has 0 aliphatic heterocycles. The highest BCUT2D eigenvalue weighted by molar-refractivity contribution is 6.34. The maximum atomic E-state index is 11.1. The minimum absolute atomic E-state index is 0.432. The van der Waals surface area contributed by atoms with E-state index in [1.807, 2.05) is 0 Å². The summed E-state index contributed by atoms with van der Waals surface area (Å²) in [7, 11) is 0. The summed E-state index contributed by atoms with van der Waals surface area (Å²) >= 11 is 6.17. The number of hydrogen-bond acceptors (Lipinski definition) is 3. The van der Waals surface area contributed by atoms with Gasteiger partial charge in [-0.05, 0) is 25.0 Å². The number of para-hydroxylation sites is 1. The topological polar surface area (TPSA) is 44.1 Å². The molecule has 1 aliphatic carbocycles. The van der Waals surface area contributed by atoms with Crippen LogP contribution in [0.25, 0.3) is 0 Å². The molecule has 1 saturated carbocycles. The third kappa shape index (κ3) is 2.59. The van der Waals surface area contributed by atoms with E-state index in [1.165, 1.54) is 0 Å². The lowest BCUT2D eigenvalue weighted by Crippen LogP contribution is -2.28. The van der Waals surface area contributed by atoms with Crippen molar-refractivity contribution in [3.63, 3.8) is 0 Å². The Morgan fingerprint density at radius 2 is 2.29 bits per heavy atom. The van der Waals surface area contributed by atoms with Gasteiger partial charge in [0.2, 0.25) is 0 Å². The molecule has 0 saturated heterocycles. The smallest absolute Gasteiger partial charge is 0.152 e. The number of aldehydes is 1. The number of hydrogen-bond donors (Lipinski definition) is 0. The minimum atomic E-state index is 0.432. The Labute approximate surface area is 106 Å². The Hall–Kier alpha value is -1.53. The molecule has 1 aromatic carbocycles. The summed E-state index contributed by atoms with van der Waals surface area (Å²) in [6.07, 6.45) is 3.48. The van der Waals surface area contributed by atoms with Gasteiger partial charge in [0.1, 0.15) is 0 Å². The van der Waals surface area contributed by atoms with Crippen LogP contribution in [0.2, 0.25) is 5.02 Å². The molecule has 0 atom stereocenters. The Bertz CT molecular complexity index is 463. The van der Waals surface area contributed by atoms with Crippen molar-refractivity contribution in [1.82, 2.24) is 0 Å². The first kappa shape index (κ1) is 11.9. The SMILES string of the molecule is N#CCCN(c1c(Cl)cccc1C=O)C1CC1. The monoisotopic (exact) mass is 248 g/mol. The average Bonchev–Trinajstić information content (AvgIpc) is 3.15. The van der Waals surface area contributed by atoms with E-state index in [4.69, 9.17) is 16.9 Å². The van der Waals surface area contributed by atoms with Gasteiger partial charge in [-0.1, -0.05) is 17.7 Å². The molecule has 1 aromatic rings. The molecule has 1 aliphatic rings. The van der Waals surface area contributed by atoms with Crippen LogP contribution in [-0.2, 0) is 0 Å². The molecule has 0 heterocycles. The summed E-state index contributed by atoms with van der Waals surface area (Å²) in [5, 5.41) is 9.26. The lowest BCUT2D eigenvalue weighted by molar-refractivity contribution is 0.112. The largest absolute Gasteiger partial charge is 0.366 e. The molecular weight excluding hydrogens is 236 g/mol. The van der Waals surface area contributed by atoms with Crippen LogP contribution in [0.4, 0.5) is 5.69 Å². The highest BCUT2D eigenvalue weighted by Gasteiger charge is 2.31. The van der Waals surface area contributed by atoms with Crippen LogP contribution in [0.3, 0.4) is 0 Å². The van der Waals surface area contributed by atoms with Gasteiger partial charge in [-0.25, -0.2) is 0 Å². The maximum Gasteiger partial charge on any atom is 0.152 e. The lowest BCUT2D eigenvalue weighted by atomic mass is 10.1. The van der Waals surface area contributed by atoms with E-state index >= 15 is 0 Å². The fourth-order valence-electron chi connectivity index (χ4n) is 1.96. The molecule has 3 nitrogen and oxygen atoms in total. The van der Waals surface area contributed by atoms with E-state index in [2.05, 4.69) is 11.0 Å². The number of benzene rings is 1. The number of rotatable bonds is 5.